The molecule has 1 aromatic heterocycles. The van der Waals surface area contributed by atoms with Crippen molar-refractivity contribution >= 4 is 18.5 Å². The van der Waals surface area contributed by atoms with Crippen LogP contribution < -0.4 is 10.1 Å². The number of methoxy groups -OCH3 is 1. The maximum absolute atomic E-state index is 12.1. The number of thiol groups is 1. The van der Waals surface area contributed by atoms with E-state index in [0.29, 0.717) is 13.0 Å². The van der Waals surface area contributed by atoms with Gasteiger partial charge in [-0.05, 0) is 62.5 Å². The molecule has 0 saturated carbocycles. The van der Waals surface area contributed by atoms with E-state index in [1.165, 1.54) is 12.0 Å². The summed E-state index contributed by atoms with van der Waals surface area (Å²) in [6, 6.07) is 17.7. The van der Waals surface area contributed by atoms with Crippen LogP contribution in [0.2, 0.25) is 0 Å². The number of ether oxygens (including phenoxy) is 1. The van der Waals surface area contributed by atoms with Gasteiger partial charge in [-0.1, -0.05) is 74.0 Å². The number of carbonyl (C=O) groups excluding carboxylic acids is 1. The molecule has 1 N–H and O–H groups in total. The minimum Gasteiger partial charge on any atom is -0.496 e. The minimum atomic E-state index is 0.0467. The van der Waals surface area contributed by atoms with Crippen molar-refractivity contribution in [1.82, 2.24) is 20.1 Å². The molecule has 1 amide bonds. The standard InChI is InChI=1S/C21H24N4O2.C9H14.C2H6S/c1-27-19-12-6-5-9-17(19)15-22-21(26)14-8-7-13-20-24-23-16-25(20)18-10-3-2-4-11-18;1-8-5-3-4-6-9(2)7-8;1-2-3/h2-6,9-12,16H,7-8,13-15H2,1H3,(H,22,26);3-4,7-8H,5-6H2,1-2H3;3H,2H2,1H3. The number of benzene rings is 2. The first-order chi connectivity index (χ1) is 19.0. The average molecular weight is 549 g/mol. The molecule has 7 heteroatoms. The summed E-state index contributed by atoms with van der Waals surface area (Å²) in [7, 11) is 1.63. The molecular weight excluding hydrogens is 504 g/mol. The molecule has 6 nitrogen and oxygen atoms in total. The van der Waals surface area contributed by atoms with Crippen LogP contribution in [0.15, 0.2) is 84.7 Å². The van der Waals surface area contributed by atoms with Gasteiger partial charge in [0, 0.05) is 30.6 Å². The Morgan fingerprint density at radius 2 is 1.82 bits per heavy atom. The Labute approximate surface area is 240 Å². The van der Waals surface area contributed by atoms with E-state index in [0.717, 1.165) is 60.2 Å². The number of amides is 1. The Morgan fingerprint density at radius 3 is 2.56 bits per heavy atom. The Balaban J connectivity index is 0.000000370. The summed E-state index contributed by atoms with van der Waals surface area (Å²) in [5.74, 6) is 3.45. The molecular formula is C32H44N4O2S. The van der Waals surface area contributed by atoms with Crippen molar-refractivity contribution in [2.45, 2.75) is 65.8 Å². The highest BCUT2D eigenvalue weighted by molar-refractivity contribution is 7.80. The topological polar surface area (TPSA) is 69.0 Å². The molecule has 0 radical (unpaired) electrons. The van der Waals surface area contributed by atoms with Crippen LogP contribution >= 0.6 is 12.6 Å². The van der Waals surface area contributed by atoms with Crippen LogP contribution in [-0.2, 0) is 17.8 Å². The minimum absolute atomic E-state index is 0.0467. The number of nitrogens with zero attached hydrogens (tertiary/aromatic N) is 3. The van der Waals surface area contributed by atoms with Crippen LogP contribution in [0.4, 0.5) is 0 Å². The van der Waals surface area contributed by atoms with E-state index in [2.05, 4.69) is 60.2 Å². The summed E-state index contributed by atoms with van der Waals surface area (Å²) in [5, 5.41) is 11.2. The largest absolute Gasteiger partial charge is 0.496 e. The van der Waals surface area contributed by atoms with Crippen molar-refractivity contribution in [3.05, 3.63) is 96.1 Å². The zero-order chi connectivity index (χ0) is 28.3. The van der Waals surface area contributed by atoms with Crippen LogP contribution in [-0.4, -0.2) is 33.5 Å². The fourth-order valence-corrected chi connectivity index (χ4v) is 4.14. The van der Waals surface area contributed by atoms with Crippen LogP contribution in [0.3, 0.4) is 0 Å². The lowest BCUT2D eigenvalue weighted by Gasteiger charge is -2.09. The SMILES string of the molecule is CC1=CC(C)CC=CC1.CCS.COc1ccccc1CNC(=O)CCCCc1nncn1-c1ccccc1. The van der Waals surface area contributed by atoms with Gasteiger partial charge in [-0.2, -0.15) is 12.6 Å². The van der Waals surface area contributed by atoms with Crippen molar-refractivity contribution in [3.8, 4) is 11.4 Å². The van der Waals surface area contributed by atoms with E-state index in [4.69, 9.17) is 4.74 Å². The summed E-state index contributed by atoms with van der Waals surface area (Å²) in [6.45, 7) is 6.93. The van der Waals surface area contributed by atoms with Crippen molar-refractivity contribution in [2.75, 3.05) is 12.9 Å². The van der Waals surface area contributed by atoms with Crippen molar-refractivity contribution < 1.29 is 9.53 Å². The van der Waals surface area contributed by atoms with Crippen molar-refractivity contribution in [3.63, 3.8) is 0 Å². The fourth-order valence-electron chi connectivity index (χ4n) is 4.14. The maximum Gasteiger partial charge on any atom is 0.220 e. The quantitative estimate of drug-likeness (QED) is 0.169. The smallest absolute Gasteiger partial charge is 0.220 e. The van der Waals surface area contributed by atoms with E-state index in [-0.39, 0.29) is 5.91 Å². The summed E-state index contributed by atoms with van der Waals surface area (Å²) in [5.41, 5.74) is 3.53. The summed E-state index contributed by atoms with van der Waals surface area (Å²) >= 11 is 3.79. The monoisotopic (exact) mass is 548 g/mol. The van der Waals surface area contributed by atoms with Gasteiger partial charge >= 0.3 is 0 Å². The highest BCUT2D eigenvalue weighted by Gasteiger charge is 2.08. The van der Waals surface area contributed by atoms with Crippen molar-refractivity contribution in [1.29, 1.82) is 0 Å². The van der Waals surface area contributed by atoms with E-state index < -0.39 is 0 Å². The fraction of sp³-hybridized carbons (Fsp3) is 0.406. The number of allylic oxidation sites excluding steroid dienone is 4. The second-order valence-electron chi connectivity index (χ2n) is 9.47. The third-order valence-corrected chi connectivity index (χ3v) is 6.06. The van der Waals surface area contributed by atoms with Gasteiger partial charge in [0.15, 0.2) is 0 Å². The average Bonchev–Trinajstić information content (AvgIpc) is 3.33. The predicted molar refractivity (Wildman–Crippen MR) is 165 cm³/mol. The number of carbonyl (C=O) groups is 1. The van der Waals surface area contributed by atoms with Gasteiger partial charge in [-0.3, -0.25) is 9.36 Å². The van der Waals surface area contributed by atoms with Gasteiger partial charge in [0.25, 0.3) is 0 Å². The molecule has 2 aromatic carbocycles. The summed E-state index contributed by atoms with van der Waals surface area (Å²) in [6.07, 6.45) is 14.0. The van der Waals surface area contributed by atoms with Gasteiger partial charge in [-0.15, -0.1) is 10.2 Å². The summed E-state index contributed by atoms with van der Waals surface area (Å²) in [4.78, 5) is 12.1. The molecule has 39 heavy (non-hydrogen) atoms. The summed E-state index contributed by atoms with van der Waals surface area (Å²) < 4.78 is 7.29. The number of nitrogens with one attached hydrogen (secondary N) is 1. The van der Waals surface area contributed by atoms with Crippen LogP contribution in [0.1, 0.15) is 64.3 Å². The lowest BCUT2D eigenvalue weighted by atomic mass is 10.1. The Hall–Kier alpha value is -3.32. The number of aryl methyl sites for hydroxylation is 1. The molecule has 210 valence electrons. The van der Waals surface area contributed by atoms with Crippen LogP contribution in [0.25, 0.3) is 5.69 Å². The third kappa shape index (κ3) is 12.4. The molecule has 4 rings (SSSR count). The van der Waals surface area contributed by atoms with E-state index in [1.807, 2.05) is 66.1 Å². The number of hydrogen-bond acceptors (Lipinski definition) is 5. The molecule has 0 aliphatic heterocycles. The van der Waals surface area contributed by atoms with Gasteiger partial charge in [0.2, 0.25) is 5.91 Å². The third-order valence-electron chi connectivity index (χ3n) is 6.06. The zero-order valence-corrected chi connectivity index (χ0v) is 24.7. The molecule has 0 fully saturated rings. The van der Waals surface area contributed by atoms with Gasteiger partial charge in [0.05, 0.1) is 7.11 Å². The highest BCUT2D eigenvalue weighted by atomic mass is 32.1. The normalized spacial score (nSPS) is 14.1. The lowest BCUT2D eigenvalue weighted by Crippen LogP contribution is -2.22. The number of para-hydroxylation sites is 2. The Morgan fingerprint density at radius 1 is 1.10 bits per heavy atom. The molecule has 1 heterocycles. The van der Waals surface area contributed by atoms with Gasteiger partial charge in [-0.25, -0.2) is 0 Å². The van der Waals surface area contributed by atoms with E-state index in [1.54, 1.807) is 13.4 Å². The Bertz CT molecular complexity index is 1160. The second kappa shape index (κ2) is 18.9. The van der Waals surface area contributed by atoms with Gasteiger partial charge in [0.1, 0.15) is 17.9 Å². The van der Waals surface area contributed by atoms with Crippen LogP contribution in [0, 0.1) is 5.92 Å². The number of unbranched alkanes of at least 4 members (excludes halogenated alkanes) is 1. The number of aromatic nitrogens is 3. The van der Waals surface area contributed by atoms with E-state index in [9.17, 15) is 4.79 Å². The predicted octanol–water partition coefficient (Wildman–Crippen LogP) is 7.16. The van der Waals surface area contributed by atoms with Crippen LogP contribution in [0.5, 0.6) is 5.75 Å². The lowest BCUT2D eigenvalue weighted by molar-refractivity contribution is -0.121. The number of hydrogen-bond donors (Lipinski definition) is 2. The second-order valence-corrected chi connectivity index (χ2v) is 10.1. The first-order valence-corrected chi connectivity index (χ1v) is 14.4. The number of rotatable bonds is 9. The van der Waals surface area contributed by atoms with Gasteiger partial charge < -0.3 is 10.1 Å². The molecule has 1 unspecified atom stereocenters. The molecule has 0 saturated heterocycles. The molecule has 1 aliphatic rings. The zero-order valence-electron chi connectivity index (χ0n) is 23.8. The molecule has 0 bridgehead atoms. The first-order valence-electron chi connectivity index (χ1n) is 13.7. The molecule has 3 aromatic rings. The molecule has 1 atom stereocenters. The molecule has 1 aliphatic carbocycles. The Kier molecular flexibility index (Phi) is 15.4. The van der Waals surface area contributed by atoms with E-state index >= 15 is 0 Å². The first kappa shape index (κ1) is 31.9. The highest BCUT2D eigenvalue weighted by Crippen LogP contribution is 2.17. The maximum atomic E-state index is 12.1. The molecule has 0 spiro atoms. The van der Waals surface area contributed by atoms with Crippen molar-refractivity contribution in [2.24, 2.45) is 5.92 Å².